The van der Waals surface area contributed by atoms with Gasteiger partial charge in [0.05, 0.1) is 0 Å². The van der Waals surface area contributed by atoms with Gasteiger partial charge in [0.15, 0.2) is 0 Å². The van der Waals surface area contributed by atoms with Crippen molar-refractivity contribution < 1.29 is 0 Å². The van der Waals surface area contributed by atoms with Crippen molar-refractivity contribution in [1.82, 2.24) is 5.32 Å². The Bertz CT molecular complexity index is 479. The molecule has 2 rings (SSSR count). The summed E-state index contributed by atoms with van der Waals surface area (Å²) in [5.41, 5.74) is 4.71. The first-order valence-electron chi connectivity index (χ1n) is 9.10. The van der Waals surface area contributed by atoms with Crippen molar-refractivity contribution in [3.63, 3.8) is 0 Å². The van der Waals surface area contributed by atoms with E-state index in [0.29, 0.717) is 5.92 Å². The van der Waals surface area contributed by atoms with Gasteiger partial charge >= 0.3 is 0 Å². The van der Waals surface area contributed by atoms with Crippen LogP contribution in [0.25, 0.3) is 0 Å². The number of hydrogen-bond acceptors (Lipinski definition) is 2. The van der Waals surface area contributed by atoms with Gasteiger partial charge in [-0.2, -0.15) is 0 Å². The van der Waals surface area contributed by atoms with Crippen LogP contribution in [0, 0.1) is 0 Å². The molecular weight excluding hydrogens is 268 g/mol. The highest BCUT2D eigenvalue weighted by Gasteiger charge is 2.35. The highest BCUT2D eigenvalue weighted by atomic mass is 15.2. The third-order valence-corrected chi connectivity index (χ3v) is 4.94. The van der Waals surface area contributed by atoms with E-state index in [0.717, 1.165) is 13.1 Å². The summed E-state index contributed by atoms with van der Waals surface area (Å²) in [6, 6.07) is 7.12. The molecule has 0 aromatic heterocycles. The normalized spacial score (nSPS) is 20.0. The standard InChI is InChI=1S/C20H34N2/c1-6-8-12-22-19-10-9-17(15-21-11-7-2)13-18(19)16(3)14-20(22,4)5/h9-10,13,16,21H,6-8,11-12,14-15H2,1-5H3/t16-/m1/s1. The zero-order chi connectivity index (χ0) is 16.2. The summed E-state index contributed by atoms with van der Waals surface area (Å²) in [4.78, 5) is 2.65. The fraction of sp³-hybridized carbons (Fsp3) is 0.700. The summed E-state index contributed by atoms with van der Waals surface area (Å²) in [7, 11) is 0. The summed E-state index contributed by atoms with van der Waals surface area (Å²) in [6.07, 6.45) is 4.98. The molecule has 0 saturated heterocycles. The van der Waals surface area contributed by atoms with Crippen molar-refractivity contribution in [3.8, 4) is 0 Å². The zero-order valence-corrected chi connectivity index (χ0v) is 15.2. The lowest BCUT2D eigenvalue weighted by molar-refractivity contribution is 0.373. The molecule has 0 spiro atoms. The van der Waals surface area contributed by atoms with Crippen LogP contribution >= 0.6 is 0 Å². The van der Waals surface area contributed by atoms with Gasteiger partial charge in [-0.25, -0.2) is 0 Å². The molecule has 1 aromatic carbocycles. The molecule has 2 heteroatoms. The maximum atomic E-state index is 3.52. The van der Waals surface area contributed by atoms with Gasteiger partial charge in [-0.05, 0) is 62.8 Å². The topological polar surface area (TPSA) is 15.3 Å². The molecule has 22 heavy (non-hydrogen) atoms. The largest absolute Gasteiger partial charge is 0.366 e. The van der Waals surface area contributed by atoms with Crippen LogP contribution in [0.3, 0.4) is 0 Å². The van der Waals surface area contributed by atoms with Crippen LogP contribution in [0.4, 0.5) is 5.69 Å². The lowest BCUT2D eigenvalue weighted by Gasteiger charge is -2.48. The smallest absolute Gasteiger partial charge is 0.0406 e. The predicted molar refractivity (Wildman–Crippen MR) is 97.8 cm³/mol. The monoisotopic (exact) mass is 302 g/mol. The summed E-state index contributed by atoms with van der Waals surface area (Å²) >= 11 is 0. The average Bonchev–Trinajstić information content (AvgIpc) is 2.47. The lowest BCUT2D eigenvalue weighted by Crippen LogP contribution is -2.48. The quantitative estimate of drug-likeness (QED) is 0.707. The third-order valence-electron chi connectivity index (χ3n) is 4.94. The van der Waals surface area contributed by atoms with E-state index in [9.17, 15) is 0 Å². The number of benzene rings is 1. The Balaban J connectivity index is 2.25. The Hall–Kier alpha value is -1.02. The molecule has 1 aliphatic rings. The molecular formula is C20H34N2. The molecule has 0 radical (unpaired) electrons. The molecule has 0 saturated carbocycles. The number of unbranched alkanes of at least 4 members (excludes halogenated alkanes) is 1. The van der Waals surface area contributed by atoms with Gasteiger partial charge in [0.2, 0.25) is 0 Å². The number of nitrogens with zero attached hydrogens (tertiary/aromatic N) is 1. The van der Waals surface area contributed by atoms with Gasteiger partial charge in [-0.15, -0.1) is 0 Å². The van der Waals surface area contributed by atoms with Gasteiger partial charge in [0, 0.05) is 24.3 Å². The average molecular weight is 303 g/mol. The summed E-state index contributed by atoms with van der Waals surface area (Å²) < 4.78 is 0. The molecule has 1 atom stereocenters. The minimum Gasteiger partial charge on any atom is -0.366 e. The number of anilines is 1. The van der Waals surface area contributed by atoms with Crippen LogP contribution in [0.1, 0.15) is 77.3 Å². The molecule has 1 aliphatic heterocycles. The van der Waals surface area contributed by atoms with E-state index < -0.39 is 0 Å². The number of nitrogens with one attached hydrogen (secondary N) is 1. The Kier molecular flexibility index (Phi) is 5.91. The second-order valence-corrected chi connectivity index (χ2v) is 7.49. The van der Waals surface area contributed by atoms with Gasteiger partial charge in [0.25, 0.3) is 0 Å². The van der Waals surface area contributed by atoms with Crippen LogP contribution in [0.15, 0.2) is 18.2 Å². The van der Waals surface area contributed by atoms with Gasteiger partial charge in [0.1, 0.15) is 0 Å². The zero-order valence-electron chi connectivity index (χ0n) is 15.2. The van der Waals surface area contributed by atoms with Crippen molar-refractivity contribution >= 4 is 5.69 Å². The molecule has 1 aromatic rings. The first kappa shape index (κ1) is 17.3. The van der Waals surface area contributed by atoms with Crippen molar-refractivity contribution in [2.24, 2.45) is 0 Å². The highest BCUT2D eigenvalue weighted by molar-refractivity contribution is 5.60. The molecule has 0 fully saturated rings. The van der Waals surface area contributed by atoms with E-state index in [-0.39, 0.29) is 5.54 Å². The minimum atomic E-state index is 0.267. The van der Waals surface area contributed by atoms with Crippen molar-refractivity contribution in [2.45, 2.75) is 78.3 Å². The van der Waals surface area contributed by atoms with Crippen molar-refractivity contribution in [2.75, 3.05) is 18.0 Å². The fourth-order valence-electron chi connectivity index (χ4n) is 3.80. The second-order valence-electron chi connectivity index (χ2n) is 7.49. The van der Waals surface area contributed by atoms with Crippen LogP contribution in [0.2, 0.25) is 0 Å². The first-order valence-corrected chi connectivity index (χ1v) is 9.10. The highest BCUT2D eigenvalue weighted by Crippen LogP contribution is 2.43. The minimum absolute atomic E-state index is 0.267. The molecule has 1 N–H and O–H groups in total. The maximum Gasteiger partial charge on any atom is 0.0406 e. The van der Waals surface area contributed by atoms with Gasteiger partial charge in [-0.3, -0.25) is 0 Å². The van der Waals surface area contributed by atoms with Crippen LogP contribution in [-0.4, -0.2) is 18.6 Å². The van der Waals surface area contributed by atoms with Gasteiger partial charge < -0.3 is 10.2 Å². The van der Waals surface area contributed by atoms with Crippen molar-refractivity contribution in [3.05, 3.63) is 29.3 Å². The third kappa shape index (κ3) is 3.84. The van der Waals surface area contributed by atoms with Crippen LogP contribution < -0.4 is 10.2 Å². The Labute approximate surface area is 137 Å². The molecule has 0 amide bonds. The molecule has 0 aliphatic carbocycles. The summed E-state index contributed by atoms with van der Waals surface area (Å²) in [5.74, 6) is 0.647. The number of hydrogen-bond donors (Lipinski definition) is 1. The lowest BCUT2D eigenvalue weighted by atomic mass is 9.79. The van der Waals surface area contributed by atoms with E-state index in [1.54, 1.807) is 5.56 Å². The van der Waals surface area contributed by atoms with Crippen molar-refractivity contribution in [1.29, 1.82) is 0 Å². The summed E-state index contributed by atoms with van der Waals surface area (Å²) in [6.45, 7) is 15.0. The molecule has 0 unspecified atom stereocenters. The molecule has 2 nitrogen and oxygen atoms in total. The predicted octanol–water partition coefficient (Wildman–Crippen LogP) is 5.08. The first-order chi connectivity index (χ1) is 10.5. The Morgan fingerprint density at radius 3 is 2.68 bits per heavy atom. The fourth-order valence-corrected chi connectivity index (χ4v) is 3.80. The van der Waals surface area contributed by atoms with Crippen LogP contribution in [0.5, 0.6) is 0 Å². The van der Waals surface area contributed by atoms with E-state index in [1.165, 1.54) is 43.5 Å². The SMILES string of the molecule is CCCCN1c2ccc(CNCCC)cc2[C@H](C)CC1(C)C. The maximum absolute atomic E-state index is 3.52. The van der Waals surface area contributed by atoms with E-state index in [4.69, 9.17) is 0 Å². The van der Waals surface area contributed by atoms with Crippen LogP contribution in [-0.2, 0) is 6.54 Å². The number of fused-ring (bicyclic) bond motifs is 1. The van der Waals surface area contributed by atoms with E-state index >= 15 is 0 Å². The Morgan fingerprint density at radius 1 is 1.23 bits per heavy atom. The molecule has 1 heterocycles. The van der Waals surface area contributed by atoms with E-state index in [1.807, 2.05) is 0 Å². The molecule has 0 bridgehead atoms. The second kappa shape index (κ2) is 7.50. The van der Waals surface area contributed by atoms with Gasteiger partial charge in [-0.1, -0.05) is 39.3 Å². The Morgan fingerprint density at radius 2 is 2.00 bits per heavy atom. The van der Waals surface area contributed by atoms with E-state index in [2.05, 4.69) is 63.0 Å². The summed E-state index contributed by atoms with van der Waals surface area (Å²) in [5, 5.41) is 3.52. The molecule has 124 valence electrons. The number of rotatable bonds is 7.